The third kappa shape index (κ3) is 5.70. The summed E-state index contributed by atoms with van der Waals surface area (Å²) in [5.74, 6) is 1.39. The maximum absolute atomic E-state index is 13.0. The Bertz CT molecular complexity index is 744. The van der Waals surface area contributed by atoms with E-state index < -0.39 is 6.10 Å². The number of guanidine groups is 1. The minimum absolute atomic E-state index is 0.200. The van der Waals surface area contributed by atoms with Crippen LogP contribution in [0.3, 0.4) is 0 Å². The molecule has 0 aromatic heterocycles. The molecular formula is C22H28FN3O2. The van der Waals surface area contributed by atoms with E-state index in [1.165, 1.54) is 12.1 Å². The molecule has 1 heterocycles. The molecule has 5 nitrogen and oxygen atoms in total. The number of hydrogen-bond acceptors (Lipinski definition) is 3. The molecule has 6 heteroatoms. The molecule has 0 amide bonds. The van der Waals surface area contributed by atoms with Crippen molar-refractivity contribution >= 4 is 5.96 Å². The molecule has 0 bridgehead atoms. The molecule has 1 aliphatic heterocycles. The van der Waals surface area contributed by atoms with Gasteiger partial charge in [-0.2, -0.15) is 0 Å². The molecule has 2 N–H and O–H groups in total. The Morgan fingerprint density at radius 1 is 1.18 bits per heavy atom. The number of aliphatic hydroxyl groups is 1. The van der Waals surface area contributed by atoms with Crippen LogP contribution in [0, 0.1) is 5.82 Å². The van der Waals surface area contributed by atoms with Crippen molar-refractivity contribution in [1.82, 2.24) is 10.2 Å². The van der Waals surface area contributed by atoms with Crippen LogP contribution in [0.1, 0.15) is 31.4 Å². The van der Waals surface area contributed by atoms with E-state index in [0.29, 0.717) is 5.56 Å². The van der Waals surface area contributed by atoms with Gasteiger partial charge < -0.3 is 20.1 Å². The van der Waals surface area contributed by atoms with Gasteiger partial charge in [-0.15, -0.1) is 0 Å². The number of rotatable bonds is 6. The molecule has 1 unspecified atom stereocenters. The Kier molecular flexibility index (Phi) is 7.25. The summed E-state index contributed by atoms with van der Waals surface area (Å²) in [7, 11) is 0. The molecule has 150 valence electrons. The highest BCUT2D eigenvalue weighted by Gasteiger charge is 2.23. The molecule has 0 radical (unpaired) electrons. The second-order valence-electron chi connectivity index (χ2n) is 6.88. The van der Waals surface area contributed by atoms with Crippen molar-refractivity contribution < 1.29 is 14.2 Å². The second-order valence-corrected chi connectivity index (χ2v) is 6.88. The lowest BCUT2D eigenvalue weighted by atomic mass is 10.1. The van der Waals surface area contributed by atoms with E-state index in [9.17, 15) is 9.50 Å². The van der Waals surface area contributed by atoms with Gasteiger partial charge in [0.05, 0.1) is 12.6 Å². The number of para-hydroxylation sites is 1. The number of aliphatic hydroxyl groups excluding tert-OH is 1. The van der Waals surface area contributed by atoms with Gasteiger partial charge in [-0.3, -0.25) is 4.99 Å². The first-order valence-electron chi connectivity index (χ1n) is 9.84. The molecule has 1 saturated heterocycles. The van der Waals surface area contributed by atoms with E-state index in [-0.39, 0.29) is 18.5 Å². The fourth-order valence-electron chi connectivity index (χ4n) is 3.27. The van der Waals surface area contributed by atoms with Crippen LogP contribution in [0.25, 0.3) is 0 Å². The van der Waals surface area contributed by atoms with Crippen molar-refractivity contribution in [2.75, 3.05) is 26.2 Å². The number of ether oxygens (including phenoxy) is 1. The Labute approximate surface area is 165 Å². The molecule has 1 atom stereocenters. The lowest BCUT2D eigenvalue weighted by molar-refractivity contribution is 0.129. The zero-order valence-corrected chi connectivity index (χ0v) is 16.2. The van der Waals surface area contributed by atoms with Crippen LogP contribution >= 0.6 is 0 Å². The van der Waals surface area contributed by atoms with Gasteiger partial charge in [-0.05, 0) is 36.8 Å². The maximum Gasteiger partial charge on any atom is 0.194 e. The molecule has 1 fully saturated rings. The topological polar surface area (TPSA) is 57.1 Å². The average molecular weight is 385 g/mol. The molecule has 28 heavy (non-hydrogen) atoms. The summed E-state index contributed by atoms with van der Waals surface area (Å²) >= 11 is 0. The van der Waals surface area contributed by atoms with E-state index in [4.69, 9.17) is 4.74 Å². The zero-order valence-electron chi connectivity index (χ0n) is 16.2. The van der Waals surface area contributed by atoms with Crippen molar-refractivity contribution in [2.45, 2.75) is 32.0 Å². The predicted octanol–water partition coefficient (Wildman–Crippen LogP) is 3.37. The van der Waals surface area contributed by atoms with Gasteiger partial charge >= 0.3 is 0 Å². The number of aliphatic imine (C=N–C) groups is 1. The number of nitrogens with zero attached hydrogens (tertiary/aromatic N) is 2. The third-order valence-electron chi connectivity index (χ3n) is 4.79. The van der Waals surface area contributed by atoms with E-state index in [0.717, 1.165) is 44.2 Å². The fourth-order valence-corrected chi connectivity index (χ4v) is 3.27. The lowest BCUT2D eigenvalue weighted by Gasteiger charge is -2.34. The Hall–Kier alpha value is -2.60. The third-order valence-corrected chi connectivity index (χ3v) is 4.79. The minimum atomic E-state index is -0.756. The second kappa shape index (κ2) is 10.1. The number of benzene rings is 2. The van der Waals surface area contributed by atoms with Gasteiger partial charge in [0.1, 0.15) is 17.7 Å². The SMILES string of the molecule is CCNC(=NCC(O)c1ccc(F)cc1)N1CCC(Oc2ccccc2)CC1. The van der Waals surface area contributed by atoms with Crippen molar-refractivity contribution in [2.24, 2.45) is 4.99 Å². The van der Waals surface area contributed by atoms with Crippen LogP contribution in [-0.4, -0.2) is 48.2 Å². The number of nitrogens with one attached hydrogen (secondary N) is 1. The molecule has 0 saturated carbocycles. The largest absolute Gasteiger partial charge is 0.490 e. The first-order valence-corrected chi connectivity index (χ1v) is 9.84. The van der Waals surface area contributed by atoms with Gasteiger partial charge in [0, 0.05) is 32.5 Å². The molecule has 0 spiro atoms. The first-order chi connectivity index (χ1) is 13.7. The van der Waals surface area contributed by atoms with Crippen LogP contribution < -0.4 is 10.1 Å². The minimum Gasteiger partial charge on any atom is -0.490 e. The fraction of sp³-hybridized carbons (Fsp3) is 0.409. The Morgan fingerprint density at radius 3 is 2.50 bits per heavy atom. The molecule has 3 rings (SSSR count). The highest BCUT2D eigenvalue weighted by atomic mass is 19.1. The Morgan fingerprint density at radius 2 is 1.86 bits per heavy atom. The van der Waals surface area contributed by atoms with Gasteiger partial charge in [0.2, 0.25) is 0 Å². The smallest absolute Gasteiger partial charge is 0.194 e. The predicted molar refractivity (Wildman–Crippen MR) is 109 cm³/mol. The van der Waals surface area contributed by atoms with E-state index in [1.54, 1.807) is 12.1 Å². The van der Waals surface area contributed by atoms with Crippen molar-refractivity contribution in [1.29, 1.82) is 0 Å². The molecule has 2 aromatic carbocycles. The van der Waals surface area contributed by atoms with Crippen LogP contribution in [0.15, 0.2) is 59.6 Å². The standard InChI is InChI=1S/C22H28FN3O2/c1-2-24-22(25-16-21(27)17-8-10-18(23)11-9-17)26-14-12-20(13-15-26)28-19-6-4-3-5-7-19/h3-11,20-21,27H,2,12-16H2,1H3,(H,24,25). The number of halogens is 1. The van der Waals surface area contributed by atoms with Crippen molar-refractivity contribution in [3.63, 3.8) is 0 Å². The van der Waals surface area contributed by atoms with E-state index in [1.807, 2.05) is 37.3 Å². The van der Waals surface area contributed by atoms with Crippen molar-refractivity contribution in [3.8, 4) is 5.75 Å². The molecule has 0 aliphatic carbocycles. The number of hydrogen-bond donors (Lipinski definition) is 2. The summed E-state index contributed by atoms with van der Waals surface area (Å²) in [6.07, 6.45) is 1.28. The van der Waals surface area contributed by atoms with Gasteiger partial charge in [0.15, 0.2) is 5.96 Å². The molecular weight excluding hydrogens is 357 g/mol. The normalized spacial score (nSPS) is 16.7. The monoisotopic (exact) mass is 385 g/mol. The van der Waals surface area contributed by atoms with Gasteiger partial charge in [-0.25, -0.2) is 4.39 Å². The van der Waals surface area contributed by atoms with Crippen LogP contribution in [-0.2, 0) is 0 Å². The van der Waals surface area contributed by atoms with Gasteiger partial charge in [0.25, 0.3) is 0 Å². The summed E-state index contributed by atoms with van der Waals surface area (Å²) in [5, 5.41) is 13.6. The average Bonchev–Trinajstić information content (AvgIpc) is 2.73. The first kappa shape index (κ1) is 20.1. The number of likely N-dealkylation sites (tertiary alicyclic amines) is 1. The molecule has 2 aromatic rings. The van der Waals surface area contributed by atoms with Gasteiger partial charge in [-0.1, -0.05) is 30.3 Å². The number of piperidine rings is 1. The van der Waals surface area contributed by atoms with Crippen LogP contribution in [0.2, 0.25) is 0 Å². The zero-order chi connectivity index (χ0) is 19.8. The summed E-state index contributed by atoms with van der Waals surface area (Å²) < 4.78 is 19.1. The molecule has 1 aliphatic rings. The summed E-state index contributed by atoms with van der Waals surface area (Å²) in [6, 6.07) is 15.8. The lowest BCUT2D eigenvalue weighted by Crippen LogP contribution is -2.47. The van der Waals surface area contributed by atoms with E-state index >= 15 is 0 Å². The van der Waals surface area contributed by atoms with Crippen LogP contribution in [0.4, 0.5) is 4.39 Å². The Balaban J connectivity index is 1.55. The maximum atomic E-state index is 13.0. The van der Waals surface area contributed by atoms with Crippen molar-refractivity contribution in [3.05, 3.63) is 66.0 Å². The highest BCUT2D eigenvalue weighted by molar-refractivity contribution is 5.80. The highest BCUT2D eigenvalue weighted by Crippen LogP contribution is 2.19. The quantitative estimate of drug-likeness (QED) is 0.591. The summed E-state index contributed by atoms with van der Waals surface area (Å²) in [6.45, 7) is 4.70. The summed E-state index contributed by atoms with van der Waals surface area (Å²) in [4.78, 5) is 6.79. The van der Waals surface area contributed by atoms with Crippen LogP contribution in [0.5, 0.6) is 5.75 Å². The summed E-state index contributed by atoms with van der Waals surface area (Å²) in [5.41, 5.74) is 0.663. The van der Waals surface area contributed by atoms with E-state index in [2.05, 4.69) is 15.2 Å².